The minimum Gasteiger partial charge on any atom is -0.497 e. The maximum absolute atomic E-state index is 5.49. The van der Waals surface area contributed by atoms with E-state index in [9.17, 15) is 0 Å². The Bertz CT molecular complexity index is 2500. The van der Waals surface area contributed by atoms with Crippen molar-refractivity contribution in [3.8, 4) is 54.9 Å². The van der Waals surface area contributed by atoms with Gasteiger partial charge in [-0.25, -0.2) is 9.97 Å². The lowest BCUT2D eigenvalue weighted by Gasteiger charge is -2.19. The minimum atomic E-state index is 0.811. The summed E-state index contributed by atoms with van der Waals surface area (Å²) in [6.45, 7) is 0. The van der Waals surface area contributed by atoms with E-state index in [0.29, 0.717) is 0 Å². The summed E-state index contributed by atoms with van der Waals surface area (Å²) < 4.78 is 13.2. The van der Waals surface area contributed by atoms with Crippen molar-refractivity contribution in [2.75, 3.05) is 14.2 Å². The molecule has 0 fully saturated rings. The summed E-state index contributed by atoms with van der Waals surface area (Å²) in [6, 6.07) is 47.3. The minimum absolute atomic E-state index is 0.811. The maximum Gasteiger partial charge on any atom is 0.124 e. The predicted molar refractivity (Wildman–Crippen MR) is 203 cm³/mol. The zero-order valence-corrected chi connectivity index (χ0v) is 27.9. The molecule has 0 aliphatic carbocycles. The third-order valence-electron chi connectivity index (χ3n) is 8.93. The van der Waals surface area contributed by atoms with Gasteiger partial charge in [-0.2, -0.15) is 0 Å². The first-order valence-corrected chi connectivity index (χ1v) is 17.3. The van der Waals surface area contributed by atoms with E-state index in [4.69, 9.17) is 19.4 Å². The topological polar surface area (TPSA) is 44.2 Å². The molecule has 6 heteroatoms. The van der Waals surface area contributed by atoms with Gasteiger partial charge in [0.1, 0.15) is 21.5 Å². The summed E-state index contributed by atoms with van der Waals surface area (Å²) in [7, 11) is 3.39. The van der Waals surface area contributed by atoms with Crippen LogP contribution in [0.4, 0.5) is 0 Å². The Morgan fingerprint density at radius 2 is 0.938 bits per heavy atom. The fourth-order valence-electron chi connectivity index (χ4n) is 6.64. The monoisotopic (exact) mass is 656 g/mol. The van der Waals surface area contributed by atoms with E-state index in [1.54, 1.807) is 36.9 Å². The van der Waals surface area contributed by atoms with Crippen LogP contribution in [0.3, 0.4) is 0 Å². The van der Waals surface area contributed by atoms with E-state index < -0.39 is 0 Å². The zero-order valence-electron chi connectivity index (χ0n) is 26.2. The average Bonchev–Trinajstić information content (AvgIpc) is 3.78. The molecule has 0 saturated heterocycles. The molecule has 230 valence electrons. The van der Waals surface area contributed by atoms with Crippen LogP contribution in [0.5, 0.6) is 11.5 Å². The molecule has 0 spiro atoms. The summed E-state index contributed by atoms with van der Waals surface area (Å²) in [5.41, 5.74) is 8.89. The zero-order chi connectivity index (χ0) is 32.2. The molecule has 0 saturated carbocycles. The highest BCUT2D eigenvalue weighted by molar-refractivity contribution is 7.22. The van der Waals surface area contributed by atoms with Gasteiger partial charge in [0.05, 0.1) is 34.7 Å². The van der Waals surface area contributed by atoms with E-state index in [-0.39, 0.29) is 0 Å². The number of fused-ring (bicyclic) bond motifs is 4. The van der Waals surface area contributed by atoms with Crippen LogP contribution in [0, 0.1) is 0 Å². The van der Waals surface area contributed by atoms with Crippen LogP contribution in [0.25, 0.3) is 85.4 Å². The van der Waals surface area contributed by atoms with Crippen molar-refractivity contribution in [3.63, 3.8) is 0 Å². The summed E-state index contributed by atoms with van der Waals surface area (Å²) >= 11 is 3.40. The van der Waals surface area contributed by atoms with Gasteiger partial charge in [0, 0.05) is 17.2 Å². The van der Waals surface area contributed by atoms with Crippen LogP contribution in [0.2, 0.25) is 0 Å². The van der Waals surface area contributed by atoms with Crippen molar-refractivity contribution >= 4 is 64.7 Å². The summed E-state index contributed by atoms with van der Waals surface area (Å²) in [4.78, 5) is 10.1. The van der Waals surface area contributed by atoms with E-state index >= 15 is 0 Å². The van der Waals surface area contributed by atoms with E-state index in [0.717, 1.165) is 53.1 Å². The number of hydrogen-bond donors (Lipinski definition) is 0. The van der Waals surface area contributed by atoms with Gasteiger partial charge < -0.3 is 9.47 Å². The van der Waals surface area contributed by atoms with Gasteiger partial charge in [-0.1, -0.05) is 84.9 Å². The van der Waals surface area contributed by atoms with Crippen molar-refractivity contribution in [1.82, 2.24) is 9.97 Å². The molecule has 2 heterocycles. The smallest absolute Gasteiger partial charge is 0.124 e. The van der Waals surface area contributed by atoms with E-state index in [1.165, 1.54) is 43.8 Å². The highest BCUT2D eigenvalue weighted by atomic mass is 32.1. The maximum atomic E-state index is 5.49. The summed E-state index contributed by atoms with van der Waals surface area (Å²) in [5, 5.41) is 6.76. The fourth-order valence-corrected chi connectivity index (χ4v) is 8.57. The number of thiazole rings is 2. The van der Waals surface area contributed by atoms with Gasteiger partial charge in [-0.05, 0) is 86.3 Å². The molecular formula is C42H28N2O2S2. The molecule has 0 amide bonds. The highest BCUT2D eigenvalue weighted by Crippen LogP contribution is 2.47. The second kappa shape index (κ2) is 11.6. The molecule has 9 rings (SSSR count). The van der Waals surface area contributed by atoms with Crippen LogP contribution < -0.4 is 9.47 Å². The molecule has 48 heavy (non-hydrogen) atoms. The number of methoxy groups -OCH3 is 2. The normalized spacial score (nSPS) is 11.5. The molecule has 7 aromatic carbocycles. The van der Waals surface area contributed by atoms with Gasteiger partial charge in [0.2, 0.25) is 0 Å². The van der Waals surface area contributed by atoms with Gasteiger partial charge >= 0.3 is 0 Å². The Morgan fingerprint density at radius 3 is 1.54 bits per heavy atom. The van der Waals surface area contributed by atoms with Crippen molar-refractivity contribution < 1.29 is 9.47 Å². The molecule has 0 atom stereocenters. The van der Waals surface area contributed by atoms with Crippen molar-refractivity contribution in [2.24, 2.45) is 0 Å². The highest BCUT2D eigenvalue weighted by Gasteiger charge is 2.20. The van der Waals surface area contributed by atoms with Crippen molar-refractivity contribution in [2.45, 2.75) is 0 Å². The molecule has 0 N–H and O–H groups in total. The molecule has 2 aromatic heterocycles. The Kier molecular flexibility index (Phi) is 6.92. The van der Waals surface area contributed by atoms with Crippen LogP contribution in [0.15, 0.2) is 133 Å². The fraction of sp³-hybridized carbons (Fsp3) is 0.0476. The largest absolute Gasteiger partial charge is 0.497 e. The van der Waals surface area contributed by atoms with Gasteiger partial charge in [-0.3, -0.25) is 0 Å². The van der Waals surface area contributed by atoms with Crippen molar-refractivity contribution in [1.29, 1.82) is 0 Å². The first-order chi connectivity index (χ1) is 23.7. The number of aromatic nitrogens is 2. The lowest BCUT2D eigenvalue weighted by molar-refractivity contribution is 0.415. The Balaban J connectivity index is 1.35. The van der Waals surface area contributed by atoms with E-state index in [1.807, 2.05) is 24.3 Å². The first-order valence-electron chi connectivity index (χ1n) is 15.7. The third kappa shape index (κ3) is 4.80. The average molecular weight is 657 g/mol. The van der Waals surface area contributed by atoms with Crippen molar-refractivity contribution in [3.05, 3.63) is 133 Å². The molecular weight excluding hydrogens is 629 g/mol. The van der Waals surface area contributed by atoms with Gasteiger partial charge in [0.15, 0.2) is 0 Å². The van der Waals surface area contributed by atoms with E-state index in [2.05, 4.69) is 109 Å². The molecule has 4 nitrogen and oxygen atoms in total. The van der Waals surface area contributed by atoms with Crippen LogP contribution in [-0.2, 0) is 0 Å². The first kappa shape index (κ1) is 28.6. The number of ether oxygens (including phenoxy) is 2. The van der Waals surface area contributed by atoms with Gasteiger partial charge in [0.25, 0.3) is 0 Å². The Morgan fingerprint density at radius 1 is 0.417 bits per heavy atom. The second-order valence-electron chi connectivity index (χ2n) is 11.7. The third-order valence-corrected chi connectivity index (χ3v) is 11.1. The number of hydrogen-bond acceptors (Lipinski definition) is 6. The van der Waals surface area contributed by atoms with Crippen LogP contribution >= 0.6 is 22.7 Å². The standard InChI is InChI=1S/C42H28N2O2S2/c1-45-29-16-20-37-36(23-29)44-42(47-37)28-14-18-32-34(22-28)40(26-11-7-4-8-12-26)33-21-27(13-17-31(33)39(32)25-9-5-3-6-10-25)41-43-35-19-15-30(46-2)24-38(35)48-41/h3-24H,1-2H3. The lowest BCUT2D eigenvalue weighted by atomic mass is 9.85. The number of rotatable bonds is 6. The Hall–Kier alpha value is -5.56. The SMILES string of the molecule is COc1ccc2sc(-c3ccc4c(-c5ccccc5)c5ccc(-c6nc7ccc(OC)cc7s6)cc5c(-c5ccccc5)c4c3)nc2c1. The lowest BCUT2D eigenvalue weighted by Crippen LogP contribution is -1.92. The van der Waals surface area contributed by atoms with Gasteiger partial charge in [-0.15, -0.1) is 22.7 Å². The molecule has 0 radical (unpaired) electrons. The molecule has 0 unspecified atom stereocenters. The summed E-state index contributed by atoms with van der Waals surface area (Å²) in [6.07, 6.45) is 0. The quantitative estimate of drug-likeness (QED) is 0.167. The van der Waals surface area contributed by atoms with Crippen LogP contribution in [-0.4, -0.2) is 24.2 Å². The molecule has 9 aromatic rings. The number of benzene rings is 7. The molecule has 0 aliphatic rings. The summed E-state index contributed by atoms with van der Waals surface area (Å²) in [5.74, 6) is 1.65. The molecule has 0 aliphatic heterocycles. The van der Waals surface area contributed by atoms with Crippen LogP contribution in [0.1, 0.15) is 0 Å². The predicted octanol–water partition coefficient (Wildman–Crippen LogP) is 11.9. The Labute approximate surface area is 285 Å². The number of nitrogens with zero attached hydrogens (tertiary/aromatic N) is 2. The second-order valence-corrected chi connectivity index (χ2v) is 13.8. The molecule has 0 bridgehead atoms.